The standard InChI is InChI=1S/C11H17NO2/c1-2-10(13)12-8-9-7-11(9)3-5-14-6-4-11/h2,9H,1,3-8H2,(H,12,13). The third-order valence-electron chi connectivity index (χ3n) is 3.56. The van der Waals surface area contributed by atoms with Gasteiger partial charge in [-0.05, 0) is 36.7 Å². The van der Waals surface area contributed by atoms with Gasteiger partial charge in [0.15, 0.2) is 0 Å². The van der Waals surface area contributed by atoms with E-state index in [-0.39, 0.29) is 5.91 Å². The molecule has 0 aromatic rings. The van der Waals surface area contributed by atoms with E-state index >= 15 is 0 Å². The van der Waals surface area contributed by atoms with Crippen LogP contribution in [0.3, 0.4) is 0 Å². The molecule has 3 nitrogen and oxygen atoms in total. The second kappa shape index (κ2) is 3.73. The largest absolute Gasteiger partial charge is 0.381 e. The van der Waals surface area contributed by atoms with Gasteiger partial charge in [0.05, 0.1) is 0 Å². The van der Waals surface area contributed by atoms with Gasteiger partial charge in [-0.15, -0.1) is 0 Å². The molecule has 2 fully saturated rings. The van der Waals surface area contributed by atoms with E-state index in [0.29, 0.717) is 11.3 Å². The van der Waals surface area contributed by atoms with Crippen molar-refractivity contribution in [3.63, 3.8) is 0 Å². The highest BCUT2D eigenvalue weighted by Gasteiger charge is 2.53. The van der Waals surface area contributed by atoms with Gasteiger partial charge in [-0.2, -0.15) is 0 Å². The van der Waals surface area contributed by atoms with E-state index in [1.165, 1.54) is 25.3 Å². The molecule has 14 heavy (non-hydrogen) atoms. The SMILES string of the molecule is C=CC(=O)NCC1CC12CCOCC2. The molecule has 1 saturated carbocycles. The van der Waals surface area contributed by atoms with Gasteiger partial charge in [-0.1, -0.05) is 6.58 Å². The Hall–Kier alpha value is -0.830. The predicted octanol–water partition coefficient (Wildman–Crippen LogP) is 1.11. The van der Waals surface area contributed by atoms with Crippen LogP contribution in [0.4, 0.5) is 0 Å². The Bertz CT molecular complexity index is 244. The van der Waals surface area contributed by atoms with Crippen LogP contribution in [-0.2, 0) is 9.53 Å². The van der Waals surface area contributed by atoms with Gasteiger partial charge < -0.3 is 10.1 Å². The Balaban J connectivity index is 1.74. The molecule has 0 radical (unpaired) electrons. The number of ether oxygens (including phenoxy) is 1. The minimum absolute atomic E-state index is 0.0564. The van der Waals surface area contributed by atoms with Crippen molar-refractivity contribution in [3.05, 3.63) is 12.7 Å². The average Bonchev–Trinajstić information content (AvgIpc) is 2.89. The first-order chi connectivity index (χ1) is 6.77. The highest BCUT2D eigenvalue weighted by atomic mass is 16.5. The molecule has 1 aliphatic carbocycles. The Kier molecular flexibility index (Phi) is 2.59. The maximum atomic E-state index is 11.0. The maximum absolute atomic E-state index is 11.0. The molecule has 1 saturated heterocycles. The zero-order valence-electron chi connectivity index (χ0n) is 8.42. The molecule has 0 aromatic carbocycles. The van der Waals surface area contributed by atoms with Gasteiger partial charge in [0, 0.05) is 19.8 Å². The van der Waals surface area contributed by atoms with E-state index in [2.05, 4.69) is 11.9 Å². The second-order valence-corrected chi connectivity index (χ2v) is 4.33. The lowest BCUT2D eigenvalue weighted by molar-refractivity contribution is -0.116. The molecule has 1 unspecified atom stereocenters. The molecular weight excluding hydrogens is 178 g/mol. The van der Waals surface area contributed by atoms with Gasteiger partial charge in [0.1, 0.15) is 0 Å². The first-order valence-electron chi connectivity index (χ1n) is 5.25. The summed E-state index contributed by atoms with van der Waals surface area (Å²) in [5.41, 5.74) is 0.507. The van der Waals surface area contributed by atoms with Crippen molar-refractivity contribution in [1.29, 1.82) is 0 Å². The van der Waals surface area contributed by atoms with E-state index in [1.807, 2.05) is 0 Å². The molecule has 1 amide bonds. The van der Waals surface area contributed by atoms with Crippen LogP contribution in [-0.4, -0.2) is 25.7 Å². The Morgan fingerprint density at radius 3 is 2.93 bits per heavy atom. The average molecular weight is 195 g/mol. The van der Waals surface area contributed by atoms with Crippen molar-refractivity contribution in [3.8, 4) is 0 Å². The molecule has 1 heterocycles. The first kappa shape index (κ1) is 9.71. The predicted molar refractivity (Wildman–Crippen MR) is 53.8 cm³/mol. The van der Waals surface area contributed by atoms with Crippen LogP contribution in [0.5, 0.6) is 0 Å². The summed E-state index contributed by atoms with van der Waals surface area (Å²) in [5, 5.41) is 2.87. The van der Waals surface area contributed by atoms with Crippen molar-refractivity contribution in [2.75, 3.05) is 19.8 Å². The van der Waals surface area contributed by atoms with Crippen molar-refractivity contribution < 1.29 is 9.53 Å². The van der Waals surface area contributed by atoms with Crippen LogP contribution < -0.4 is 5.32 Å². The number of hydrogen-bond donors (Lipinski definition) is 1. The minimum Gasteiger partial charge on any atom is -0.381 e. The zero-order chi connectivity index (χ0) is 10.0. The van der Waals surface area contributed by atoms with E-state index < -0.39 is 0 Å². The summed E-state index contributed by atoms with van der Waals surface area (Å²) in [4.78, 5) is 11.0. The van der Waals surface area contributed by atoms with E-state index in [0.717, 1.165) is 19.8 Å². The van der Waals surface area contributed by atoms with Crippen LogP contribution in [0.25, 0.3) is 0 Å². The number of amides is 1. The number of hydrogen-bond acceptors (Lipinski definition) is 2. The monoisotopic (exact) mass is 195 g/mol. The first-order valence-corrected chi connectivity index (χ1v) is 5.25. The molecule has 2 aliphatic rings. The van der Waals surface area contributed by atoms with E-state index in [1.54, 1.807) is 0 Å². The second-order valence-electron chi connectivity index (χ2n) is 4.33. The number of nitrogens with one attached hydrogen (secondary N) is 1. The third-order valence-corrected chi connectivity index (χ3v) is 3.56. The van der Waals surface area contributed by atoms with Gasteiger partial charge >= 0.3 is 0 Å². The van der Waals surface area contributed by atoms with E-state index in [9.17, 15) is 4.79 Å². The fourth-order valence-corrected chi connectivity index (χ4v) is 2.41. The van der Waals surface area contributed by atoms with Gasteiger partial charge in [-0.25, -0.2) is 0 Å². The van der Waals surface area contributed by atoms with Crippen LogP contribution in [0.1, 0.15) is 19.3 Å². The smallest absolute Gasteiger partial charge is 0.243 e. The van der Waals surface area contributed by atoms with Crippen LogP contribution >= 0.6 is 0 Å². The number of rotatable bonds is 3. The van der Waals surface area contributed by atoms with E-state index in [4.69, 9.17) is 4.74 Å². The van der Waals surface area contributed by atoms with Crippen LogP contribution in [0.2, 0.25) is 0 Å². The molecule has 1 aliphatic heterocycles. The lowest BCUT2D eigenvalue weighted by Crippen LogP contribution is -2.27. The lowest BCUT2D eigenvalue weighted by atomic mass is 9.94. The molecule has 78 valence electrons. The Morgan fingerprint density at radius 2 is 2.29 bits per heavy atom. The quantitative estimate of drug-likeness (QED) is 0.685. The molecule has 2 rings (SSSR count). The summed E-state index contributed by atoms with van der Waals surface area (Å²) >= 11 is 0. The van der Waals surface area contributed by atoms with Crippen LogP contribution in [0.15, 0.2) is 12.7 Å². The summed E-state index contributed by atoms with van der Waals surface area (Å²) in [5.74, 6) is 0.620. The number of carbonyl (C=O) groups excluding carboxylic acids is 1. The van der Waals surface area contributed by atoms with Crippen molar-refractivity contribution in [2.24, 2.45) is 11.3 Å². The van der Waals surface area contributed by atoms with Gasteiger partial charge in [0.25, 0.3) is 0 Å². The van der Waals surface area contributed by atoms with Crippen molar-refractivity contribution in [1.82, 2.24) is 5.32 Å². The summed E-state index contributed by atoms with van der Waals surface area (Å²) in [6, 6.07) is 0. The Morgan fingerprint density at radius 1 is 1.57 bits per heavy atom. The number of carbonyl (C=O) groups is 1. The minimum atomic E-state index is -0.0564. The summed E-state index contributed by atoms with van der Waals surface area (Å²) in [6.07, 6.45) is 4.93. The summed E-state index contributed by atoms with van der Waals surface area (Å²) in [6.45, 7) is 6.03. The van der Waals surface area contributed by atoms with Gasteiger partial charge in [0.2, 0.25) is 5.91 Å². The lowest BCUT2D eigenvalue weighted by Gasteiger charge is -2.22. The molecular formula is C11H17NO2. The molecule has 1 atom stereocenters. The normalized spacial score (nSPS) is 28.4. The third kappa shape index (κ3) is 1.82. The fourth-order valence-electron chi connectivity index (χ4n) is 2.41. The van der Waals surface area contributed by atoms with Crippen molar-refractivity contribution >= 4 is 5.91 Å². The highest BCUT2D eigenvalue weighted by molar-refractivity contribution is 5.86. The molecule has 1 N–H and O–H groups in total. The molecule has 0 aromatic heterocycles. The van der Waals surface area contributed by atoms with Crippen molar-refractivity contribution in [2.45, 2.75) is 19.3 Å². The highest BCUT2D eigenvalue weighted by Crippen LogP contribution is 2.58. The fraction of sp³-hybridized carbons (Fsp3) is 0.727. The molecule has 3 heteroatoms. The molecule has 0 bridgehead atoms. The zero-order valence-corrected chi connectivity index (χ0v) is 8.42. The van der Waals surface area contributed by atoms with Gasteiger partial charge in [-0.3, -0.25) is 4.79 Å². The van der Waals surface area contributed by atoms with Crippen LogP contribution in [0, 0.1) is 11.3 Å². The molecule has 1 spiro atoms. The topological polar surface area (TPSA) is 38.3 Å². The maximum Gasteiger partial charge on any atom is 0.243 e. The summed E-state index contributed by atoms with van der Waals surface area (Å²) in [7, 11) is 0. The summed E-state index contributed by atoms with van der Waals surface area (Å²) < 4.78 is 5.34. The Labute approximate surface area is 84.5 Å².